The number of alkyl halides is 3. The van der Waals surface area contributed by atoms with Crippen LogP contribution in [0.3, 0.4) is 0 Å². The monoisotopic (exact) mass is 634 g/mol. The number of nitrogens with zero attached hydrogens (tertiary/aromatic N) is 2. The largest absolute Gasteiger partial charge is 0.534 e. The smallest absolute Gasteiger partial charge is 0.467 e. The van der Waals surface area contributed by atoms with Crippen LogP contribution in [0.25, 0.3) is 10.8 Å². The summed E-state index contributed by atoms with van der Waals surface area (Å²) in [5.74, 6) is -1.97. The number of amides is 1. The molecule has 43 heavy (non-hydrogen) atoms. The summed E-state index contributed by atoms with van der Waals surface area (Å²) in [4.78, 5) is 14.1. The number of likely N-dealkylation sites (tertiary alicyclic amines) is 1. The zero-order valence-corrected chi connectivity index (χ0v) is 25.0. The molecular weight excluding hydrogens is 600 g/mol. The Morgan fingerprint density at radius 3 is 2.53 bits per heavy atom. The second-order valence-corrected chi connectivity index (χ2v) is 12.5. The van der Waals surface area contributed by atoms with Gasteiger partial charge in [-0.2, -0.15) is 26.9 Å². The van der Waals surface area contributed by atoms with Crippen LogP contribution in [0, 0.1) is 23.1 Å². The van der Waals surface area contributed by atoms with Crippen molar-refractivity contribution < 1.29 is 53.9 Å². The summed E-state index contributed by atoms with van der Waals surface area (Å²) in [7, 11) is -4.77. The molecule has 0 bridgehead atoms. The van der Waals surface area contributed by atoms with E-state index in [4.69, 9.17) is 18.9 Å². The number of nitriles is 1. The molecule has 2 atom stereocenters. The number of fused-ring (bicyclic) bond motifs is 1. The summed E-state index contributed by atoms with van der Waals surface area (Å²) in [6, 6.07) is 6.88. The molecule has 0 saturated carbocycles. The van der Waals surface area contributed by atoms with E-state index in [9.17, 15) is 31.6 Å². The molecule has 238 valence electrons. The fourth-order valence-electron chi connectivity index (χ4n) is 4.52. The number of carbonyl (C=O) groups is 1. The molecule has 1 amide bonds. The van der Waals surface area contributed by atoms with Crippen molar-refractivity contribution in [2.45, 2.75) is 63.7 Å². The Morgan fingerprint density at radius 1 is 1.19 bits per heavy atom. The number of benzene rings is 2. The van der Waals surface area contributed by atoms with E-state index in [1.807, 2.05) is 0 Å². The first-order chi connectivity index (χ1) is 20.0. The van der Waals surface area contributed by atoms with Crippen molar-refractivity contribution >= 4 is 27.0 Å². The first-order valence-electron chi connectivity index (χ1n) is 13.4. The number of halogens is 4. The van der Waals surface area contributed by atoms with E-state index in [-0.39, 0.29) is 60.8 Å². The third-order valence-electron chi connectivity index (χ3n) is 6.41. The number of hydrogen-bond acceptors (Lipinski definition) is 9. The molecule has 0 aliphatic carbocycles. The average molecular weight is 635 g/mol. The van der Waals surface area contributed by atoms with Crippen LogP contribution in [-0.2, 0) is 30.7 Å². The second-order valence-electron chi connectivity index (χ2n) is 11.0. The molecule has 2 unspecified atom stereocenters. The van der Waals surface area contributed by atoms with Crippen molar-refractivity contribution in [3.8, 4) is 17.6 Å². The van der Waals surface area contributed by atoms with Gasteiger partial charge in [-0.05, 0) is 69.5 Å². The number of rotatable bonds is 10. The van der Waals surface area contributed by atoms with E-state index in [0.29, 0.717) is 19.4 Å². The van der Waals surface area contributed by atoms with E-state index in [0.717, 1.165) is 12.1 Å². The average Bonchev–Trinajstić information content (AvgIpc) is 3.11. The highest BCUT2D eigenvalue weighted by atomic mass is 32.2. The topological polar surface area (TPSA) is 124 Å². The Balaban J connectivity index is 1.82. The maximum absolute atomic E-state index is 15.1. The molecule has 1 aliphatic heterocycles. The van der Waals surface area contributed by atoms with Crippen LogP contribution in [0.4, 0.5) is 22.4 Å². The molecular formula is C28H34F4N2O8S. The summed E-state index contributed by atoms with van der Waals surface area (Å²) in [5, 5.41) is 9.50. The van der Waals surface area contributed by atoms with Crippen LogP contribution >= 0.6 is 0 Å². The molecule has 0 spiro atoms. The minimum absolute atomic E-state index is 0.0485. The molecule has 0 radical (unpaired) electrons. The predicted molar refractivity (Wildman–Crippen MR) is 146 cm³/mol. The maximum atomic E-state index is 15.1. The number of aryl methyl sites for hydroxylation is 1. The van der Waals surface area contributed by atoms with Crippen LogP contribution < -0.4 is 8.92 Å². The minimum Gasteiger partial charge on any atom is -0.467 e. The molecule has 2 aromatic rings. The van der Waals surface area contributed by atoms with Gasteiger partial charge in [-0.15, -0.1) is 0 Å². The molecule has 1 aliphatic rings. The lowest BCUT2D eigenvalue weighted by molar-refractivity contribution is -0.0499. The standard InChI is InChI=1S/C28H34F4N2O8S/c1-27(2,3)41-26(35)34-10-9-18(15-33)12-21(16-34)39-11-5-6-22-23(29)8-7-19-13-20(40-17-38-4)14-24(25(19)22)42-43(36,37)28(30,31)32/h7-8,13-14,18,21H,5-6,9-12,16-17H2,1-4H3. The Kier molecular flexibility index (Phi) is 11.1. The molecule has 2 aromatic carbocycles. The molecule has 0 aromatic heterocycles. The quantitative estimate of drug-likeness (QED) is 0.107. The third-order valence-corrected chi connectivity index (χ3v) is 7.38. The third kappa shape index (κ3) is 9.32. The fourth-order valence-corrected chi connectivity index (χ4v) is 4.98. The van der Waals surface area contributed by atoms with Crippen LogP contribution in [0.1, 0.15) is 45.6 Å². The van der Waals surface area contributed by atoms with Crippen LogP contribution in [0.2, 0.25) is 0 Å². The minimum atomic E-state index is -6.09. The fraction of sp³-hybridized carbons (Fsp3) is 0.571. The normalized spacial score (nSPS) is 18.2. The van der Waals surface area contributed by atoms with Crippen molar-refractivity contribution in [1.82, 2.24) is 4.90 Å². The van der Waals surface area contributed by atoms with Crippen LogP contribution in [0.15, 0.2) is 24.3 Å². The van der Waals surface area contributed by atoms with E-state index in [2.05, 4.69) is 10.3 Å². The Bertz CT molecular complexity index is 1440. The van der Waals surface area contributed by atoms with Gasteiger partial charge in [0.15, 0.2) is 12.5 Å². The SMILES string of the molecule is COCOc1cc(OS(=O)(=O)C(F)(F)F)c2c(CCCOC3CC(C#N)CCN(C(=O)OC(C)(C)C)C3)c(F)ccc2c1. The lowest BCUT2D eigenvalue weighted by Gasteiger charge is -2.28. The lowest BCUT2D eigenvalue weighted by Crippen LogP contribution is -2.41. The van der Waals surface area contributed by atoms with Crippen molar-refractivity contribution in [2.75, 3.05) is 33.6 Å². The molecule has 0 N–H and O–H groups in total. The van der Waals surface area contributed by atoms with Gasteiger partial charge in [0, 0.05) is 31.7 Å². The first kappa shape index (κ1) is 34.1. The summed E-state index contributed by atoms with van der Waals surface area (Å²) in [6.45, 7) is 5.46. The van der Waals surface area contributed by atoms with Gasteiger partial charge in [-0.1, -0.05) is 6.07 Å². The maximum Gasteiger partial charge on any atom is 0.534 e. The van der Waals surface area contributed by atoms with E-state index >= 15 is 4.39 Å². The summed E-state index contributed by atoms with van der Waals surface area (Å²) < 4.78 is 104. The molecule has 1 heterocycles. The first-order valence-corrected chi connectivity index (χ1v) is 14.8. The van der Waals surface area contributed by atoms with Gasteiger partial charge in [0.1, 0.15) is 17.2 Å². The van der Waals surface area contributed by atoms with Crippen molar-refractivity contribution in [3.63, 3.8) is 0 Å². The number of hydrogen-bond donors (Lipinski definition) is 0. The molecule has 15 heteroatoms. The Labute approximate surface area is 247 Å². The molecule has 3 rings (SSSR count). The van der Waals surface area contributed by atoms with E-state index in [1.54, 1.807) is 20.8 Å². The van der Waals surface area contributed by atoms with E-state index in [1.165, 1.54) is 24.1 Å². The Morgan fingerprint density at radius 2 is 1.91 bits per heavy atom. The number of methoxy groups -OCH3 is 1. The Hall–Kier alpha value is -3.35. The highest BCUT2D eigenvalue weighted by molar-refractivity contribution is 7.88. The number of ether oxygens (including phenoxy) is 4. The molecule has 1 saturated heterocycles. The van der Waals surface area contributed by atoms with Gasteiger partial charge in [0.05, 0.1) is 24.6 Å². The second kappa shape index (κ2) is 14.0. The van der Waals surface area contributed by atoms with Gasteiger partial charge < -0.3 is 28.0 Å². The predicted octanol–water partition coefficient (Wildman–Crippen LogP) is 5.68. The lowest BCUT2D eigenvalue weighted by atomic mass is 9.99. The van der Waals surface area contributed by atoms with Gasteiger partial charge >= 0.3 is 21.7 Å². The number of carbonyl (C=O) groups excluding carboxylic acids is 1. The van der Waals surface area contributed by atoms with Crippen molar-refractivity contribution in [3.05, 3.63) is 35.6 Å². The van der Waals surface area contributed by atoms with Gasteiger partial charge in [0.25, 0.3) is 0 Å². The van der Waals surface area contributed by atoms with E-state index < -0.39 is 45.0 Å². The molecule has 10 nitrogen and oxygen atoms in total. The zero-order valence-electron chi connectivity index (χ0n) is 24.2. The van der Waals surface area contributed by atoms with Gasteiger partial charge in [0.2, 0.25) is 0 Å². The van der Waals surface area contributed by atoms with Crippen molar-refractivity contribution in [1.29, 1.82) is 5.26 Å². The highest BCUT2D eigenvalue weighted by Crippen LogP contribution is 2.38. The van der Waals surface area contributed by atoms with Crippen LogP contribution in [-0.4, -0.2) is 70.2 Å². The van der Waals surface area contributed by atoms with Gasteiger partial charge in [-0.3, -0.25) is 0 Å². The summed E-state index contributed by atoms with van der Waals surface area (Å²) in [6.07, 6.45) is -0.148. The summed E-state index contributed by atoms with van der Waals surface area (Å²) >= 11 is 0. The zero-order chi connectivity index (χ0) is 32.0. The van der Waals surface area contributed by atoms with Crippen molar-refractivity contribution in [2.24, 2.45) is 5.92 Å². The molecule has 1 fully saturated rings. The van der Waals surface area contributed by atoms with Crippen LogP contribution in [0.5, 0.6) is 11.5 Å². The summed E-state index contributed by atoms with van der Waals surface area (Å²) in [5.41, 5.74) is -6.52. The van der Waals surface area contributed by atoms with Gasteiger partial charge in [-0.25, -0.2) is 9.18 Å². The highest BCUT2D eigenvalue weighted by Gasteiger charge is 2.49.